The summed E-state index contributed by atoms with van der Waals surface area (Å²) in [4.78, 5) is 34.4. The van der Waals surface area contributed by atoms with Gasteiger partial charge in [0.15, 0.2) is 0 Å². The minimum Gasteiger partial charge on any atom is -0.333 e. The van der Waals surface area contributed by atoms with Crippen molar-refractivity contribution in [2.24, 2.45) is 0 Å². The Kier molecular flexibility index (Phi) is 5.24. The molecule has 144 valence electrons. The molecule has 8 nitrogen and oxygen atoms in total. The van der Waals surface area contributed by atoms with Crippen molar-refractivity contribution >= 4 is 11.7 Å². The number of piperazine rings is 1. The number of carbonyl (C=O) groups excluding carboxylic acids is 2. The monoisotopic (exact) mass is 384 g/mol. The molecule has 1 aromatic carbocycles. The molecule has 11 heteroatoms. The number of nitrogens with zero attached hydrogens (tertiary/aromatic N) is 4. The summed E-state index contributed by atoms with van der Waals surface area (Å²) in [6, 6.07) is 5.39. The van der Waals surface area contributed by atoms with Crippen LogP contribution >= 0.6 is 0 Å². The number of aromatic nitrogens is 2. The van der Waals surface area contributed by atoms with Gasteiger partial charge in [-0.25, -0.2) is 0 Å². The van der Waals surface area contributed by atoms with Crippen LogP contribution in [0, 0.1) is 0 Å². The third-order valence-corrected chi connectivity index (χ3v) is 4.05. The lowest BCUT2D eigenvalue weighted by Gasteiger charge is -2.32. The van der Waals surface area contributed by atoms with Gasteiger partial charge in [0.05, 0.1) is 7.11 Å². The molecule has 27 heavy (non-hydrogen) atoms. The Morgan fingerprint density at radius 1 is 1.11 bits per heavy atom. The molecular formula is C16H15F3N4O4. The Labute approximate surface area is 151 Å². The number of ketones is 1. The Morgan fingerprint density at radius 3 is 2.26 bits per heavy atom. The quantitative estimate of drug-likeness (QED) is 0.585. The lowest BCUT2D eigenvalue weighted by Crippen LogP contribution is -2.50. The second-order valence-electron chi connectivity index (χ2n) is 5.73. The first-order chi connectivity index (χ1) is 12.8. The van der Waals surface area contributed by atoms with Crippen LogP contribution in [0.3, 0.4) is 0 Å². The number of amides is 1. The molecular weight excluding hydrogens is 369 g/mol. The summed E-state index contributed by atoms with van der Waals surface area (Å²) in [5.74, 6) is -3.06. The van der Waals surface area contributed by atoms with Crippen LogP contribution in [0.25, 0.3) is 11.4 Å². The number of hydrogen-bond donors (Lipinski definition) is 0. The van der Waals surface area contributed by atoms with Gasteiger partial charge in [0, 0.05) is 37.3 Å². The van der Waals surface area contributed by atoms with Crippen molar-refractivity contribution in [3.05, 3.63) is 35.7 Å². The van der Waals surface area contributed by atoms with E-state index in [1.54, 1.807) is 5.06 Å². The van der Waals surface area contributed by atoms with E-state index < -0.39 is 23.8 Å². The molecule has 2 heterocycles. The molecule has 0 bridgehead atoms. The fourth-order valence-corrected chi connectivity index (χ4v) is 2.57. The molecule has 0 aliphatic carbocycles. The van der Waals surface area contributed by atoms with Crippen molar-refractivity contribution in [3.63, 3.8) is 0 Å². The first kappa shape index (κ1) is 19.0. The van der Waals surface area contributed by atoms with Crippen LogP contribution in [0.2, 0.25) is 0 Å². The van der Waals surface area contributed by atoms with Crippen molar-refractivity contribution in [1.82, 2.24) is 20.1 Å². The summed E-state index contributed by atoms with van der Waals surface area (Å²) in [6.45, 7) is 1.71. The number of halogens is 3. The zero-order chi connectivity index (χ0) is 19.6. The first-order valence-electron chi connectivity index (χ1n) is 7.93. The normalized spacial score (nSPS) is 15.8. The average Bonchev–Trinajstić information content (AvgIpc) is 3.18. The number of hydroxylamine groups is 2. The lowest BCUT2D eigenvalue weighted by molar-refractivity contribution is -0.159. The highest BCUT2D eigenvalue weighted by molar-refractivity contribution is 6.42. The number of carbonyl (C=O) groups is 2. The number of alkyl halides is 3. The molecule has 0 unspecified atom stereocenters. The van der Waals surface area contributed by atoms with Gasteiger partial charge in [0.25, 0.3) is 5.91 Å². The van der Waals surface area contributed by atoms with Gasteiger partial charge in [-0.05, 0) is 0 Å². The van der Waals surface area contributed by atoms with Crippen LogP contribution in [0.1, 0.15) is 16.2 Å². The smallest absolute Gasteiger partial charge is 0.333 e. The van der Waals surface area contributed by atoms with Gasteiger partial charge in [-0.3, -0.25) is 9.59 Å². The zero-order valence-electron chi connectivity index (χ0n) is 14.2. The van der Waals surface area contributed by atoms with Crippen molar-refractivity contribution < 1.29 is 32.1 Å². The maximum absolute atomic E-state index is 12.5. The topological polar surface area (TPSA) is 88.8 Å². The van der Waals surface area contributed by atoms with Crippen molar-refractivity contribution in [2.45, 2.75) is 6.18 Å². The second-order valence-corrected chi connectivity index (χ2v) is 5.73. The molecule has 1 aliphatic rings. The van der Waals surface area contributed by atoms with Crippen molar-refractivity contribution in [3.8, 4) is 11.4 Å². The van der Waals surface area contributed by atoms with E-state index in [0.717, 1.165) is 0 Å². The number of hydrogen-bond acceptors (Lipinski definition) is 7. The minimum absolute atomic E-state index is 0.123. The standard InChI is InChI=1S/C16H15F3N4O4/c1-26-23-8-6-22(7-9-23)14(25)12(24)10-2-4-11(5-3-10)13-20-15(27-21-13)16(17,18)19/h2-5H,6-9H2,1H3. The summed E-state index contributed by atoms with van der Waals surface area (Å²) in [7, 11) is 1.53. The summed E-state index contributed by atoms with van der Waals surface area (Å²) < 4.78 is 41.7. The predicted octanol–water partition coefficient (Wildman–Crippen LogP) is 1.64. The van der Waals surface area contributed by atoms with Gasteiger partial charge < -0.3 is 14.3 Å². The third-order valence-electron chi connectivity index (χ3n) is 4.05. The maximum Gasteiger partial charge on any atom is 0.471 e. The summed E-state index contributed by atoms with van der Waals surface area (Å²) in [5.41, 5.74) is 0.351. The highest BCUT2D eigenvalue weighted by Gasteiger charge is 2.38. The van der Waals surface area contributed by atoms with Crippen LogP contribution in [0.15, 0.2) is 28.8 Å². The van der Waals surface area contributed by atoms with Gasteiger partial charge >= 0.3 is 12.1 Å². The average molecular weight is 384 g/mol. The van der Waals surface area contributed by atoms with Crippen LogP contribution in [-0.2, 0) is 15.8 Å². The largest absolute Gasteiger partial charge is 0.471 e. The van der Waals surface area contributed by atoms with Crippen LogP contribution < -0.4 is 0 Å². The highest BCUT2D eigenvalue weighted by atomic mass is 19.4. The molecule has 1 aromatic heterocycles. The molecule has 1 saturated heterocycles. The lowest BCUT2D eigenvalue weighted by atomic mass is 10.1. The van der Waals surface area contributed by atoms with E-state index in [2.05, 4.69) is 14.7 Å². The van der Waals surface area contributed by atoms with E-state index in [1.807, 2.05) is 0 Å². The van der Waals surface area contributed by atoms with Crippen LogP contribution in [0.5, 0.6) is 0 Å². The molecule has 1 aliphatic heterocycles. The number of rotatable bonds is 4. The molecule has 0 radical (unpaired) electrons. The van der Waals surface area contributed by atoms with E-state index in [-0.39, 0.29) is 17.0 Å². The van der Waals surface area contributed by atoms with E-state index in [0.29, 0.717) is 26.2 Å². The van der Waals surface area contributed by atoms with E-state index in [9.17, 15) is 22.8 Å². The maximum atomic E-state index is 12.5. The molecule has 0 atom stereocenters. The number of Topliss-reactive ketones (excluding diaryl/α,β-unsaturated/α-hetero) is 1. The zero-order valence-corrected chi connectivity index (χ0v) is 14.2. The summed E-state index contributed by atoms with van der Waals surface area (Å²) in [5, 5.41) is 4.95. The van der Waals surface area contributed by atoms with Gasteiger partial charge in [0.2, 0.25) is 11.6 Å². The minimum atomic E-state index is -4.74. The van der Waals surface area contributed by atoms with Crippen molar-refractivity contribution in [2.75, 3.05) is 33.3 Å². The Hall–Kier alpha value is -2.79. The van der Waals surface area contributed by atoms with Gasteiger partial charge in [-0.15, -0.1) is 0 Å². The van der Waals surface area contributed by atoms with Gasteiger partial charge in [-0.1, -0.05) is 29.4 Å². The Balaban J connectivity index is 1.69. The van der Waals surface area contributed by atoms with E-state index in [4.69, 9.17) is 4.84 Å². The van der Waals surface area contributed by atoms with Crippen molar-refractivity contribution in [1.29, 1.82) is 0 Å². The SMILES string of the molecule is CON1CCN(C(=O)C(=O)c2ccc(-c3noc(C(F)(F)F)n3)cc2)CC1. The first-order valence-corrected chi connectivity index (χ1v) is 7.93. The fourth-order valence-electron chi connectivity index (χ4n) is 2.57. The summed E-state index contributed by atoms with van der Waals surface area (Å²) >= 11 is 0. The van der Waals surface area contributed by atoms with Crippen LogP contribution in [-0.4, -0.2) is 65.1 Å². The molecule has 0 saturated carbocycles. The predicted molar refractivity (Wildman–Crippen MR) is 84.2 cm³/mol. The van der Waals surface area contributed by atoms with Gasteiger partial charge in [-0.2, -0.15) is 23.2 Å². The second kappa shape index (κ2) is 7.45. The molecule has 1 amide bonds. The fraction of sp³-hybridized carbons (Fsp3) is 0.375. The Bertz CT molecular complexity index is 827. The molecule has 1 fully saturated rings. The molecule has 2 aromatic rings. The highest BCUT2D eigenvalue weighted by Crippen LogP contribution is 2.29. The molecule has 3 rings (SSSR count). The Morgan fingerprint density at radius 2 is 1.74 bits per heavy atom. The van der Waals surface area contributed by atoms with E-state index >= 15 is 0 Å². The molecule has 0 N–H and O–H groups in total. The molecule has 0 spiro atoms. The summed E-state index contributed by atoms with van der Waals surface area (Å²) in [6.07, 6.45) is -4.74. The number of benzene rings is 1. The van der Waals surface area contributed by atoms with Gasteiger partial charge in [0.1, 0.15) is 0 Å². The van der Waals surface area contributed by atoms with E-state index in [1.165, 1.54) is 36.3 Å². The third kappa shape index (κ3) is 4.14. The van der Waals surface area contributed by atoms with Crippen LogP contribution in [0.4, 0.5) is 13.2 Å².